The zero-order chi connectivity index (χ0) is 12.3. The van der Waals surface area contributed by atoms with Gasteiger partial charge in [0.05, 0.1) is 6.10 Å². The zero-order valence-electron chi connectivity index (χ0n) is 10.2. The van der Waals surface area contributed by atoms with Crippen LogP contribution in [0.5, 0.6) is 0 Å². The summed E-state index contributed by atoms with van der Waals surface area (Å²) < 4.78 is 5.52. The molecule has 0 amide bonds. The summed E-state index contributed by atoms with van der Waals surface area (Å²) in [4.78, 5) is 8.25. The summed E-state index contributed by atoms with van der Waals surface area (Å²) in [7, 11) is 0. The third-order valence-electron chi connectivity index (χ3n) is 3.29. The molecule has 0 radical (unpaired) electrons. The third-order valence-corrected chi connectivity index (χ3v) is 3.29. The normalized spacial score (nSPS) is 23.7. The Morgan fingerprint density at radius 2 is 2.24 bits per heavy atom. The van der Waals surface area contributed by atoms with Gasteiger partial charge in [-0.05, 0) is 20.3 Å². The number of anilines is 2. The second-order valence-electron chi connectivity index (χ2n) is 4.35. The van der Waals surface area contributed by atoms with Gasteiger partial charge >= 0.3 is 0 Å². The lowest BCUT2D eigenvalue weighted by Gasteiger charge is -2.16. The van der Waals surface area contributed by atoms with E-state index >= 15 is 0 Å². The first-order chi connectivity index (χ1) is 8.22. The van der Waals surface area contributed by atoms with Crippen molar-refractivity contribution in [3.05, 3.63) is 11.9 Å². The van der Waals surface area contributed by atoms with Crippen LogP contribution in [0, 0.1) is 12.8 Å². The van der Waals surface area contributed by atoms with Crippen LogP contribution in [-0.2, 0) is 4.74 Å². The van der Waals surface area contributed by atoms with E-state index in [0.717, 1.165) is 31.0 Å². The fraction of sp³-hybridized carbons (Fsp3) is 0.636. The number of hydrogen-bond acceptors (Lipinski definition) is 6. The van der Waals surface area contributed by atoms with E-state index in [1.807, 2.05) is 6.92 Å². The van der Waals surface area contributed by atoms with Crippen LogP contribution in [0.4, 0.5) is 11.6 Å². The quantitative estimate of drug-likeness (QED) is 0.533. The first-order valence-electron chi connectivity index (χ1n) is 5.86. The second-order valence-corrected chi connectivity index (χ2v) is 4.35. The van der Waals surface area contributed by atoms with E-state index in [0.29, 0.717) is 17.8 Å². The number of hydrogen-bond donors (Lipinski definition) is 3. The molecule has 0 aliphatic carbocycles. The zero-order valence-corrected chi connectivity index (χ0v) is 10.2. The Morgan fingerprint density at radius 1 is 1.47 bits per heavy atom. The summed E-state index contributed by atoms with van der Waals surface area (Å²) in [6.45, 7) is 5.76. The topological polar surface area (TPSA) is 85.1 Å². The van der Waals surface area contributed by atoms with Gasteiger partial charge in [0.1, 0.15) is 18.0 Å². The minimum atomic E-state index is 0.316. The summed E-state index contributed by atoms with van der Waals surface area (Å²) in [5.41, 5.74) is 3.49. The van der Waals surface area contributed by atoms with Crippen LogP contribution >= 0.6 is 0 Å². The molecule has 4 N–H and O–H groups in total. The van der Waals surface area contributed by atoms with E-state index in [1.165, 1.54) is 6.33 Å². The number of nitrogen functional groups attached to an aromatic ring is 1. The molecular weight excluding hydrogens is 218 g/mol. The van der Waals surface area contributed by atoms with Crippen molar-refractivity contribution in [2.75, 3.05) is 23.9 Å². The van der Waals surface area contributed by atoms with E-state index in [9.17, 15) is 0 Å². The van der Waals surface area contributed by atoms with E-state index in [2.05, 4.69) is 27.6 Å². The second kappa shape index (κ2) is 5.29. The molecule has 17 heavy (non-hydrogen) atoms. The third kappa shape index (κ3) is 2.65. The summed E-state index contributed by atoms with van der Waals surface area (Å²) >= 11 is 0. The molecule has 1 aliphatic rings. The highest BCUT2D eigenvalue weighted by Gasteiger charge is 2.24. The Labute approximate surface area is 101 Å². The highest BCUT2D eigenvalue weighted by molar-refractivity contribution is 5.55. The molecule has 1 aromatic rings. The van der Waals surface area contributed by atoms with Gasteiger partial charge in [0.15, 0.2) is 0 Å². The number of nitrogens with one attached hydrogen (secondary N) is 2. The maximum absolute atomic E-state index is 5.52. The summed E-state index contributed by atoms with van der Waals surface area (Å²) in [5, 5.41) is 3.33. The van der Waals surface area contributed by atoms with Gasteiger partial charge in [-0.2, -0.15) is 0 Å². The number of nitrogens with two attached hydrogens (primary N) is 1. The molecule has 2 atom stereocenters. The number of aromatic nitrogens is 2. The molecule has 6 nitrogen and oxygen atoms in total. The molecule has 0 spiro atoms. The van der Waals surface area contributed by atoms with Crippen LogP contribution in [0.15, 0.2) is 6.33 Å². The molecule has 0 saturated carbocycles. The SMILES string of the molecule is Cc1c(NN)ncnc1NCC1CCOC1C. The van der Waals surface area contributed by atoms with Crippen molar-refractivity contribution >= 4 is 11.6 Å². The van der Waals surface area contributed by atoms with Crippen molar-refractivity contribution in [3.8, 4) is 0 Å². The lowest BCUT2D eigenvalue weighted by Crippen LogP contribution is -2.22. The molecule has 2 unspecified atom stereocenters. The first-order valence-corrected chi connectivity index (χ1v) is 5.86. The van der Waals surface area contributed by atoms with Gasteiger partial charge in [-0.25, -0.2) is 15.8 Å². The number of hydrazine groups is 1. The molecule has 1 aliphatic heterocycles. The fourth-order valence-electron chi connectivity index (χ4n) is 2.05. The van der Waals surface area contributed by atoms with Crippen molar-refractivity contribution in [1.82, 2.24) is 9.97 Å². The molecule has 0 bridgehead atoms. The van der Waals surface area contributed by atoms with Crippen molar-refractivity contribution < 1.29 is 4.74 Å². The van der Waals surface area contributed by atoms with Crippen LogP contribution in [0.1, 0.15) is 18.9 Å². The maximum atomic E-state index is 5.52. The monoisotopic (exact) mass is 237 g/mol. The van der Waals surface area contributed by atoms with E-state index in [4.69, 9.17) is 10.6 Å². The van der Waals surface area contributed by atoms with Crippen molar-refractivity contribution in [3.63, 3.8) is 0 Å². The Hall–Kier alpha value is -1.40. The van der Waals surface area contributed by atoms with E-state index in [-0.39, 0.29) is 0 Å². The average molecular weight is 237 g/mol. The van der Waals surface area contributed by atoms with Crippen LogP contribution in [0.25, 0.3) is 0 Å². The molecule has 1 aromatic heterocycles. The molecule has 0 aromatic carbocycles. The minimum Gasteiger partial charge on any atom is -0.378 e. The summed E-state index contributed by atoms with van der Waals surface area (Å²) in [6, 6.07) is 0. The average Bonchev–Trinajstić information content (AvgIpc) is 2.74. The molecule has 1 fully saturated rings. The lowest BCUT2D eigenvalue weighted by molar-refractivity contribution is 0.108. The summed E-state index contributed by atoms with van der Waals surface area (Å²) in [5.74, 6) is 7.39. The van der Waals surface area contributed by atoms with E-state index < -0.39 is 0 Å². The molecule has 6 heteroatoms. The molecular formula is C11H19N5O. The van der Waals surface area contributed by atoms with Crippen molar-refractivity contribution in [1.29, 1.82) is 0 Å². The largest absolute Gasteiger partial charge is 0.378 e. The fourth-order valence-corrected chi connectivity index (χ4v) is 2.05. The Bertz CT molecular complexity index is 384. The molecule has 2 rings (SSSR count). The first kappa shape index (κ1) is 12.1. The highest BCUT2D eigenvalue weighted by Crippen LogP contribution is 2.22. The number of nitrogens with zero attached hydrogens (tertiary/aromatic N) is 2. The van der Waals surface area contributed by atoms with Crippen LogP contribution in [0.2, 0.25) is 0 Å². The Kier molecular flexibility index (Phi) is 3.75. The van der Waals surface area contributed by atoms with Gasteiger partial charge < -0.3 is 15.5 Å². The van der Waals surface area contributed by atoms with Gasteiger partial charge in [-0.1, -0.05) is 0 Å². The molecule has 94 valence electrons. The standard InChI is InChI=1S/C11H19N5O/c1-7-10(14-6-15-11(7)16-12)13-5-9-3-4-17-8(9)2/h6,8-9H,3-5,12H2,1-2H3,(H2,13,14,15,16). The highest BCUT2D eigenvalue weighted by atomic mass is 16.5. The van der Waals surface area contributed by atoms with Gasteiger partial charge in [0, 0.05) is 24.6 Å². The smallest absolute Gasteiger partial charge is 0.148 e. The Balaban J connectivity index is 1.99. The van der Waals surface area contributed by atoms with Crippen molar-refractivity contribution in [2.45, 2.75) is 26.4 Å². The van der Waals surface area contributed by atoms with E-state index in [1.54, 1.807) is 0 Å². The van der Waals surface area contributed by atoms with Gasteiger partial charge in [0.2, 0.25) is 0 Å². The predicted octanol–water partition coefficient (Wildman–Crippen LogP) is 0.908. The molecule has 2 heterocycles. The van der Waals surface area contributed by atoms with Gasteiger partial charge in [-0.15, -0.1) is 0 Å². The lowest BCUT2D eigenvalue weighted by atomic mass is 10.0. The van der Waals surface area contributed by atoms with Gasteiger partial charge in [0.25, 0.3) is 0 Å². The van der Waals surface area contributed by atoms with Crippen LogP contribution in [0.3, 0.4) is 0 Å². The van der Waals surface area contributed by atoms with Crippen LogP contribution < -0.4 is 16.6 Å². The molecule has 1 saturated heterocycles. The maximum Gasteiger partial charge on any atom is 0.148 e. The van der Waals surface area contributed by atoms with Crippen molar-refractivity contribution in [2.24, 2.45) is 11.8 Å². The number of ether oxygens (including phenoxy) is 1. The number of rotatable bonds is 4. The van der Waals surface area contributed by atoms with Gasteiger partial charge in [-0.3, -0.25) is 0 Å². The van der Waals surface area contributed by atoms with Crippen LogP contribution in [-0.4, -0.2) is 29.2 Å². The minimum absolute atomic E-state index is 0.316. The Morgan fingerprint density at radius 3 is 2.88 bits per heavy atom. The predicted molar refractivity (Wildman–Crippen MR) is 66.6 cm³/mol. The summed E-state index contributed by atoms with van der Waals surface area (Å²) in [6.07, 6.45) is 2.91.